The fourth-order valence-corrected chi connectivity index (χ4v) is 2.63. The van der Waals surface area contributed by atoms with E-state index in [-0.39, 0.29) is 12.2 Å². The van der Waals surface area contributed by atoms with Gasteiger partial charge in [0.15, 0.2) is 12.3 Å². The molecule has 1 heterocycles. The largest absolute Gasteiger partial charge is 0.451 e. The van der Waals surface area contributed by atoms with Crippen LogP contribution < -0.4 is 10.5 Å². The second-order valence-electron chi connectivity index (χ2n) is 5.65. The number of para-hydroxylation sites is 1. The molecule has 3 rings (SSSR count). The average Bonchev–Trinajstić information content (AvgIpc) is 2.71. The maximum atomic E-state index is 12.5. The molecule has 1 aromatic heterocycles. The van der Waals surface area contributed by atoms with Crippen LogP contribution in [0.3, 0.4) is 0 Å². The van der Waals surface area contributed by atoms with Crippen LogP contribution in [0.15, 0.2) is 72.0 Å². The SMILES string of the molecule is C=CCN(C(=O)COC(=O)c1n[nH]c(=O)c2ccccc12)c1ccccc1. The predicted octanol–water partition coefficient (Wildman–Crippen LogP) is 2.30. The van der Waals surface area contributed by atoms with Crippen molar-refractivity contribution in [2.45, 2.75) is 0 Å². The number of aromatic amines is 1. The smallest absolute Gasteiger partial charge is 0.359 e. The van der Waals surface area contributed by atoms with Crippen LogP contribution in [0.2, 0.25) is 0 Å². The van der Waals surface area contributed by atoms with Gasteiger partial charge in [-0.25, -0.2) is 9.89 Å². The van der Waals surface area contributed by atoms with Crippen molar-refractivity contribution in [1.29, 1.82) is 0 Å². The van der Waals surface area contributed by atoms with Crippen molar-refractivity contribution >= 4 is 28.3 Å². The molecule has 0 aliphatic heterocycles. The number of carbonyl (C=O) groups is 2. The number of esters is 1. The van der Waals surface area contributed by atoms with Gasteiger partial charge in [-0.1, -0.05) is 42.5 Å². The molecule has 27 heavy (non-hydrogen) atoms. The highest BCUT2D eigenvalue weighted by molar-refractivity contribution is 6.03. The van der Waals surface area contributed by atoms with Gasteiger partial charge in [0.05, 0.1) is 5.39 Å². The summed E-state index contributed by atoms with van der Waals surface area (Å²) in [6, 6.07) is 15.6. The Morgan fingerprint density at radius 1 is 1.07 bits per heavy atom. The molecule has 0 unspecified atom stereocenters. The highest BCUT2D eigenvalue weighted by atomic mass is 16.5. The van der Waals surface area contributed by atoms with E-state index >= 15 is 0 Å². The Kier molecular flexibility index (Phi) is 5.41. The van der Waals surface area contributed by atoms with Gasteiger partial charge in [0.2, 0.25) is 0 Å². The molecule has 0 fully saturated rings. The minimum Gasteiger partial charge on any atom is -0.451 e. The maximum absolute atomic E-state index is 12.5. The molecule has 2 aromatic carbocycles. The average molecular weight is 363 g/mol. The molecule has 7 heteroatoms. The summed E-state index contributed by atoms with van der Waals surface area (Å²) in [6.07, 6.45) is 1.59. The molecule has 1 N–H and O–H groups in total. The van der Waals surface area contributed by atoms with Gasteiger partial charge in [0.1, 0.15) is 0 Å². The summed E-state index contributed by atoms with van der Waals surface area (Å²) in [5.41, 5.74) is 0.221. The third kappa shape index (κ3) is 3.92. The van der Waals surface area contributed by atoms with Crippen molar-refractivity contribution in [2.24, 2.45) is 0 Å². The highest BCUT2D eigenvalue weighted by Gasteiger charge is 2.20. The normalized spacial score (nSPS) is 10.4. The predicted molar refractivity (Wildman–Crippen MR) is 102 cm³/mol. The zero-order chi connectivity index (χ0) is 19.2. The number of fused-ring (bicyclic) bond motifs is 1. The van der Waals surface area contributed by atoms with Crippen molar-refractivity contribution in [1.82, 2.24) is 10.2 Å². The maximum Gasteiger partial charge on any atom is 0.359 e. The van der Waals surface area contributed by atoms with Crippen LogP contribution in [0.1, 0.15) is 10.5 Å². The molecule has 1 amide bonds. The molecule has 0 aliphatic rings. The Morgan fingerprint density at radius 3 is 2.44 bits per heavy atom. The number of rotatable bonds is 6. The molecule has 0 aliphatic carbocycles. The Balaban J connectivity index is 1.77. The quantitative estimate of drug-likeness (QED) is 0.536. The second kappa shape index (κ2) is 8.09. The summed E-state index contributed by atoms with van der Waals surface area (Å²) in [5.74, 6) is -1.19. The van der Waals surface area contributed by atoms with Gasteiger partial charge in [-0.05, 0) is 18.2 Å². The number of amides is 1. The first kappa shape index (κ1) is 18.1. The van der Waals surface area contributed by atoms with Gasteiger partial charge >= 0.3 is 5.97 Å². The minimum atomic E-state index is -0.789. The molecule has 7 nitrogen and oxygen atoms in total. The van der Waals surface area contributed by atoms with Crippen LogP contribution >= 0.6 is 0 Å². The minimum absolute atomic E-state index is 0.0482. The van der Waals surface area contributed by atoms with E-state index in [1.54, 1.807) is 54.6 Å². The fraction of sp³-hybridized carbons (Fsp3) is 0.100. The number of ether oxygens (including phenoxy) is 1. The first-order valence-electron chi connectivity index (χ1n) is 8.22. The van der Waals surface area contributed by atoms with Gasteiger partial charge in [0, 0.05) is 17.6 Å². The van der Waals surface area contributed by atoms with E-state index < -0.39 is 24.0 Å². The van der Waals surface area contributed by atoms with Crippen LogP contribution in [0.4, 0.5) is 5.69 Å². The second-order valence-corrected chi connectivity index (χ2v) is 5.65. The van der Waals surface area contributed by atoms with Gasteiger partial charge in [-0.2, -0.15) is 5.10 Å². The van der Waals surface area contributed by atoms with Gasteiger partial charge in [-0.3, -0.25) is 9.59 Å². The first-order chi connectivity index (χ1) is 13.1. The van der Waals surface area contributed by atoms with Crippen molar-refractivity contribution in [3.8, 4) is 0 Å². The molecule has 0 saturated heterocycles. The lowest BCUT2D eigenvalue weighted by Gasteiger charge is -2.21. The van der Waals surface area contributed by atoms with Crippen molar-refractivity contribution in [3.05, 3.63) is 83.3 Å². The molecule has 0 saturated carbocycles. The van der Waals surface area contributed by atoms with Crippen molar-refractivity contribution in [2.75, 3.05) is 18.1 Å². The van der Waals surface area contributed by atoms with E-state index in [4.69, 9.17) is 4.74 Å². The molecular formula is C20H17N3O4. The summed E-state index contributed by atoms with van der Waals surface area (Å²) in [4.78, 5) is 38.2. The lowest BCUT2D eigenvalue weighted by Crippen LogP contribution is -2.35. The van der Waals surface area contributed by atoms with E-state index in [0.717, 1.165) is 0 Å². The van der Waals surface area contributed by atoms with E-state index in [0.29, 0.717) is 16.5 Å². The first-order valence-corrected chi connectivity index (χ1v) is 8.22. The van der Waals surface area contributed by atoms with E-state index in [2.05, 4.69) is 16.8 Å². The molecule has 0 bridgehead atoms. The van der Waals surface area contributed by atoms with Crippen molar-refractivity contribution < 1.29 is 14.3 Å². The summed E-state index contributed by atoms with van der Waals surface area (Å²) >= 11 is 0. The number of hydrogen-bond acceptors (Lipinski definition) is 5. The molecule has 0 atom stereocenters. The molecule has 0 spiro atoms. The molecule has 3 aromatic rings. The molecule has 0 radical (unpaired) electrons. The van der Waals surface area contributed by atoms with Crippen LogP contribution in [-0.4, -0.2) is 35.2 Å². The zero-order valence-corrected chi connectivity index (χ0v) is 14.4. The highest BCUT2D eigenvalue weighted by Crippen LogP contribution is 2.15. The van der Waals surface area contributed by atoms with Crippen molar-refractivity contribution in [3.63, 3.8) is 0 Å². The Bertz CT molecular complexity index is 1040. The summed E-state index contributed by atoms with van der Waals surface area (Å²) in [6.45, 7) is 3.46. The van der Waals surface area contributed by atoms with Gasteiger partial charge in [-0.15, -0.1) is 6.58 Å². The topological polar surface area (TPSA) is 92.4 Å². The van der Waals surface area contributed by atoms with Gasteiger partial charge < -0.3 is 9.64 Å². The lowest BCUT2D eigenvalue weighted by molar-refractivity contribution is -0.121. The Hall–Kier alpha value is -3.74. The molecular weight excluding hydrogens is 346 g/mol. The Morgan fingerprint density at radius 2 is 1.74 bits per heavy atom. The standard InChI is InChI=1S/C20H17N3O4/c1-2-12-23(14-8-4-3-5-9-14)17(24)13-27-20(26)18-15-10-6-7-11-16(15)19(25)22-21-18/h2-11H,1,12-13H2,(H,22,25). The molecule has 136 valence electrons. The number of hydrogen-bond donors (Lipinski definition) is 1. The van der Waals surface area contributed by atoms with Crippen LogP contribution in [0, 0.1) is 0 Å². The number of aromatic nitrogens is 2. The summed E-state index contributed by atoms with van der Waals surface area (Å²) in [5, 5.41) is 6.72. The number of carbonyl (C=O) groups excluding carboxylic acids is 2. The summed E-state index contributed by atoms with van der Waals surface area (Å²) < 4.78 is 5.14. The summed E-state index contributed by atoms with van der Waals surface area (Å²) in [7, 11) is 0. The van der Waals surface area contributed by atoms with Crippen LogP contribution in [0.5, 0.6) is 0 Å². The van der Waals surface area contributed by atoms with Crippen LogP contribution in [-0.2, 0) is 9.53 Å². The fourth-order valence-electron chi connectivity index (χ4n) is 2.63. The van der Waals surface area contributed by atoms with Gasteiger partial charge in [0.25, 0.3) is 11.5 Å². The van der Waals surface area contributed by atoms with E-state index in [1.807, 2.05) is 6.07 Å². The monoisotopic (exact) mass is 363 g/mol. The lowest BCUT2D eigenvalue weighted by atomic mass is 10.1. The number of H-pyrrole nitrogens is 1. The van der Waals surface area contributed by atoms with E-state index in [9.17, 15) is 14.4 Å². The van der Waals surface area contributed by atoms with E-state index in [1.165, 1.54) is 4.90 Å². The number of nitrogens with zero attached hydrogens (tertiary/aromatic N) is 2. The van der Waals surface area contributed by atoms with Crippen LogP contribution in [0.25, 0.3) is 10.8 Å². The Labute approximate surface area is 154 Å². The number of benzene rings is 2. The zero-order valence-electron chi connectivity index (χ0n) is 14.4. The number of nitrogens with one attached hydrogen (secondary N) is 1. The number of anilines is 1. The third-order valence-electron chi connectivity index (χ3n) is 3.90. The third-order valence-corrected chi connectivity index (χ3v) is 3.90.